The van der Waals surface area contributed by atoms with Crippen molar-refractivity contribution in [2.75, 3.05) is 6.61 Å². The standard InChI is InChI=1S/C14H14O4S/c1-4-17-14(16)10-5-11-8(2)7-19-13(11)12(6-10)18-9(3)15/h5-7H,4H2,1-3H3. The van der Waals surface area contributed by atoms with Gasteiger partial charge in [-0.15, -0.1) is 11.3 Å². The molecule has 0 amide bonds. The summed E-state index contributed by atoms with van der Waals surface area (Å²) in [7, 11) is 0. The number of thiophene rings is 1. The van der Waals surface area contributed by atoms with E-state index >= 15 is 0 Å². The zero-order valence-electron chi connectivity index (χ0n) is 11.0. The van der Waals surface area contributed by atoms with E-state index in [2.05, 4.69) is 0 Å². The first-order chi connectivity index (χ1) is 9.02. The van der Waals surface area contributed by atoms with Crippen LogP contribution in [-0.2, 0) is 9.53 Å². The predicted molar refractivity (Wildman–Crippen MR) is 73.8 cm³/mol. The van der Waals surface area contributed by atoms with Crippen LogP contribution in [0.2, 0.25) is 0 Å². The minimum absolute atomic E-state index is 0.308. The van der Waals surface area contributed by atoms with Crippen LogP contribution in [0.3, 0.4) is 0 Å². The number of esters is 2. The third kappa shape index (κ3) is 2.76. The number of hydrogen-bond donors (Lipinski definition) is 0. The SMILES string of the molecule is CCOC(=O)c1cc(OC(C)=O)c2scc(C)c2c1. The summed E-state index contributed by atoms with van der Waals surface area (Å²) in [6.45, 7) is 5.34. The molecule has 0 saturated heterocycles. The monoisotopic (exact) mass is 278 g/mol. The second kappa shape index (κ2) is 5.40. The lowest BCUT2D eigenvalue weighted by atomic mass is 10.1. The van der Waals surface area contributed by atoms with E-state index in [1.54, 1.807) is 19.1 Å². The molecule has 0 aliphatic rings. The van der Waals surface area contributed by atoms with Crippen molar-refractivity contribution in [3.05, 3.63) is 28.6 Å². The van der Waals surface area contributed by atoms with Gasteiger partial charge < -0.3 is 9.47 Å². The molecular weight excluding hydrogens is 264 g/mol. The highest BCUT2D eigenvalue weighted by atomic mass is 32.1. The number of ether oxygens (including phenoxy) is 2. The summed E-state index contributed by atoms with van der Waals surface area (Å²) in [6.07, 6.45) is 0. The maximum absolute atomic E-state index is 11.8. The zero-order chi connectivity index (χ0) is 14.0. The van der Waals surface area contributed by atoms with Crippen molar-refractivity contribution < 1.29 is 19.1 Å². The maximum Gasteiger partial charge on any atom is 0.338 e. The highest BCUT2D eigenvalue weighted by molar-refractivity contribution is 7.17. The second-order valence-electron chi connectivity index (χ2n) is 4.08. The van der Waals surface area contributed by atoms with Gasteiger partial charge in [-0.05, 0) is 42.3 Å². The van der Waals surface area contributed by atoms with Gasteiger partial charge >= 0.3 is 11.9 Å². The molecule has 5 heteroatoms. The Kier molecular flexibility index (Phi) is 3.85. The van der Waals surface area contributed by atoms with E-state index in [4.69, 9.17) is 9.47 Å². The fourth-order valence-electron chi connectivity index (χ4n) is 1.79. The van der Waals surface area contributed by atoms with Crippen LogP contribution in [0, 0.1) is 6.92 Å². The van der Waals surface area contributed by atoms with Gasteiger partial charge in [-0.3, -0.25) is 4.79 Å². The third-order valence-corrected chi connectivity index (χ3v) is 3.73. The quantitative estimate of drug-likeness (QED) is 0.638. The summed E-state index contributed by atoms with van der Waals surface area (Å²) in [5.41, 5.74) is 1.44. The Morgan fingerprint density at radius 1 is 1.32 bits per heavy atom. The van der Waals surface area contributed by atoms with E-state index in [0.29, 0.717) is 17.9 Å². The van der Waals surface area contributed by atoms with Crippen molar-refractivity contribution in [2.45, 2.75) is 20.8 Å². The second-order valence-corrected chi connectivity index (χ2v) is 4.96. The summed E-state index contributed by atoms with van der Waals surface area (Å²) in [5.74, 6) is -0.414. The van der Waals surface area contributed by atoms with Gasteiger partial charge in [0, 0.05) is 6.92 Å². The molecule has 0 atom stereocenters. The van der Waals surface area contributed by atoms with Crippen molar-refractivity contribution in [2.24, 2.45) is 0 Å². The molecule has 0 N–H and O–H groups in total. The van der Waals surface area contributed by atoms with E-state index in [0.717, 1.165) is 15.6 Å². The van der Waals surface area contributed by atoms with Gasteiger partial charge in [-0.2, -0.15) is 0 Å². The Bertz CT molecular complexity index is 642. The van der Waals surface area contributed by atoms with Crippen LogP contribution in [0.5, 0.6) is 5.75 Å². The largest absolute Gasteiger partial charge is 0.462 e. The lowest BCUT2D eigenvalue weighted by molar-refractivity contribution is -0.131. The van der Waals surface area contributed by atoms with Crippen molar-refractivity contribution in [1.82, 2.24) is 0 Å². The Balaban J connectivity index is 2.57. The summed E-state index contributed by atoms with van der Waals surface area (Å²) in [4.78, 5) is 22.9. The first-order valence-corrected chi connectivity index (χ1v) is 6.78. The zero-order valence-corrected chi connectivity index (χ0v) is 11.8. The molecule has 2 rings (SSSR count). The Morgan fingerprint density at radius 3 is 2.68 bits per heavy atom. The number of rotatable bonds is 3. The molecule has 0 aliphatic heterocycles. The molecular formula is C14H14O4S. The molecule has 2 aromatic rings. The molecule has 0 fully saturated rings. The predicted octanol–water partition coefficient (Wildman–Crippen LogP) is 3.31. The van der Waals surface area contributed by atoms with Crippen LogP contribution in [-0.4, -0.2) is 18.5 Å². The van der Waals surface area contributed by atoms with Crippen LogP contribution in [0.15, 0.2) is 17.5 Å². The molecule has 0 aliphatic carbocycles. The molecule has 0 unspecified atom stereocenters. The lowest BCUT2D eigenvalue weighted by Crippen LogP contribution is -2.07. The molecule has 1 aromatic carbocycles. The third-order valence-electron chi connectivity index (χ3n) is 2.60. The average molecular weight is 278 g/mol. The number of hydrogen-bond acceptors (Lipinski definition) is 5. The smallest absolute Gasteiger partial charge is 0.338 e. The van der Waals surface area contributed by atoms with Crippen LogP contribution < -0.4 is 4.74 Å². The Labute approximate surface area is 114 Å². The molecule has 19 heavy (non-hydrogen) atoms. The van der Waals surface area contributed by atoms with E-state index in [1.807, 2.05) is 12.3 Å². The number of carbonyl (C=O) groups excluding carboxylic acids is 2. The minimum atomic E-state index is -0.414. The molecule has 0 bridgehead atoms. The first-order valence-electron chi connectivity index (χ1n) is 5.90. The van der Waals surface area contributed by atoms with Gasteiger partial charge in [0.1, 0.15) is 5.75 Å². The van der Waals surface area contributed by atoms with Crippen molar-refractivity contribution in [3.63, 3.8) is 0 Å². The average Bonchev–Trinajstić information content (AvgIpc) is 2.71. The number of fused-ring (bicyclic) bond motifs is 1. The highest BCUT2D eigenvalue weighted by Gasteiger charge is 2.15. The highest BCUT2D eigenvalue weighted by Crippen LogP contribution is 2.35. The molecule has 0 spiro atoms. The van der Waals surface area contributed by atoms with Crippen molar-refractivity contribution in [3.8, 4) is 5.75 Å². The van der Waals surface area contributed by atoms with Crippen molar-refractivity contribution in [1.29, 1.82) is 0 Å². The maximum atomic E-state index is 11.8. The van der Waals surface area contributed by atoms with Gasteiger partial charge in [0.15, 0.2) is 0 Å². The van der Waals surface area contributed by atoms with E-state index in [1.165, 1.54) is 18.3 Å². The first kappa shape index (κ1) is 13.5. The fraction of sp³-hybridized carbons (Fsp3) is 0.286. The van der Waals surface area contributed by atoms with E-state index in [9.17, 15) is 9.59 Å². The molecule has 4 nitrogen and oxygen atoms in total. The van der Waals surface area contributed by atoms with Gasteiger partial charge in [0.2, 0.25) is 0 Å². The Morgan fingerprint density at radius 2 is 2.05 bits per heavy atom. The summed E-state index contributed by atoms with van der Waals surface area (Å²) in [6, 6.07) is 3.32. The number of carbonyl (C=O) groups is 2. The van der Waals surface area contributed by atoms with Crippen LogP contribution in [0.4, 0.5) is 0 Å². The number of aryl methyl sites for hydroxylation is 1. The fourth-order valence-corrected chi connectivity index (χ4v) is 2.78. The summed E-state index contributed by atoms with van der Waals surface area (Å²) >= 11 is 1.49. The normalized spacial score (nSPS) is 10.5. The minimum Gasteiger partial charge on any atom is -0.462 e. The lowest BCUT2D eigenvalue weighted by Gasteiger charge is -2.07. The van der Waals surface area contributed by atoms with Gasteiger partial charge in [-0.25, -0.2) is 4.79 Å². The van der Waals surface area contributed by atoms with Gasteiger partial charge in [0.05, 0.1) is 16.9 Å². The topological polar surface area (TPSA) is 52.6 Å². The van der Waals surface area contributed by atoms with Crippen molar-refractivity contribution >= 4 is 33.4 Å². The van der Waals surface area contributed by atoms with Crippen LogP contribution in [0.1, 0.15) is 29.8 Å². The molecule has 100 valence electrons. The molecule has 0 saturated carbocycles. The molecule has 1 heterocycles. The van der Waals surface area contributed by atoms with E-state index < -0.39 is 11.9 Å². The molecule has 0 radical (unpaired) electrons. The van der Waals surface area contributed by atoms with Gasteiger partial charge in [-0.1, -0.05) is 0 Å². The van der Waals surface area contributed by atoms with E-state index in [-0.39, 0.29) is 0 Å². The van der Waals surface area contributed by atoms with Gasteiger partial charge in [0.25, 0.3) is 0 Å². The summed E-state index contributed by atoms with van der Waals surface area (Å²) in [5, 5.41) is 2.87. The van der Waals surface area contributed by atoms with Crippen LogP contribution in [0.25, 0.3) is 10.1 Å². The Hall–Kier alpha value is -1.88. The summed E-state index contributed by atoms with van der Waals surface area (Å²) < 4.78 is 11.0. The van der Waals surface area contributed by atoms with Crippen LogP contribution >= 0.6 is 11.3 Å². The molecule has 1 aromatic heterocycles. The number of benzene rings is 1.